The molecule has 3 N–H and O–H groups in total. The van der Waals surface area contributed by atoms with Crippen LogP contribution in [0, 0.1) is 0 Å². The Hall–Kier alpha value is -2.57. The van der Waals surface area contributed by atoms with Gasteiger partial charge in [0.1, 0.15) is 11.5 Å². The van der Waals surface area contributed by atoms with Gasteiger partial charge in [-0.3, -0.25) is 9.69 Å². The molecule has 0 saturated carbocycles. The Morgan fingerprint density at radius 3 is 2.25 bits per heavy atom. The lowest BCUT2D eigenvalue weighted by molar-refractivity contribution is -0.141. The van der Waals surface area contributed by atoms with E-state index in [4.69, 9.17) is 0 Å². The lowest BCUT2D eigenvalue weighted by Crippen LogP contribution is -2.46. The van der Waals surface area contributed by atoms with Gasteiger partial charge in [-0.05, 0) is 62.0 Å². The summed E-state index contributed by atoms with van der Waals surface area (Å²) >= 11 is 0. The molecule has 2 aliphatic rings. The molecule has 2 atom stereocenters. The van der Waals surface area contributed by atoms with Crippen molar-refractivity contribution in [1.82, 2.24) is 9.80 Å². The minimum absolute atomic E-state index is 0.000891. The minimum Gasteiger partial charge on any atom is -0.508 e. The van der Waals surface area contributed by atoms with Crippen LogP contribution in [0.25, 0.3) is 0 Å². The van der Waals surface area contributed by atoms with Gasteiger partial charge in [0.15, 0.2) is 6.23 Å². The highest BCUT2D eigenvalue weighted by molar-refractivity contribution is 5.84. The van der Waals surface area contributed by atoms with Crippen LogP contribution in [0.3, 0.4) is 0 Å². The molecule has 1 amide bonds. The van der Waals surface area contributed by atoms with Crippen LogP contribution in [0.2, 0.25) is 0 Å². The number of aliphatic hydroxyl groups excluding tert-OH is 1. The molecule has 2 fully saturated rings. The first-order valence-corrected chi connectivity index (χ1v) is 9.84. The molecular formula is C22H26N2O4. The average Bonchev–Trinajstić information content (AvgIpc) is 3.10. The van der Waals surface area contributed by atoms with E-state index < -0.39 is 6.23 Å². The molecule has 0 bridgehead atoms. The fourth-order valence-electron chi connectivity index (χ4n) is 4.43. The van der Waals surface area contributed by atoms with Crippen molar-refractivity contribution >= 4 is 5.91 Å². The number of likely N-dealkylation sites (tertiary alicyclic amines) is 2. The summed E-state index contributed by atoms with van der Waals surface area (Å²) in [4.78, 5) is 16.6. The first-order valence-electron chi connectivity index (χ1n) is 9.84. The second-order valence-corrected chi connectivity index (χ2v) is 7.67. The number of carbonyl (C=O) groups excluding carboxylic acids is 1. The van der Waals surface area contributed by atoms with E-state index in [0.29, 0.717) is 24.4 Å². The number of nitrogens with zero attached hydrogens (tertiary/aromatic N) is 2. The van der Waals surface area contributed by atoms with Crippen molar-refractivity contribution in [2.75, 3.05) is 19.6 Å². The number of amides is 1. The average molecular weight is 382 g/mol. The Morgan fingerprint density at radius 1 is 0.893 bits per heavy atom. The Morgan fingerprint density at radius 2 is 1.57 bits per heavy atom. The maximum Gasteiger partial charge on any atom is 0.242 e. The number of carbonyl (C=O) groups is 1. The van der Waals surface area contributed by atoms with Crippen LogP contribution in [-0.2, 0) is 4.79 Å². The van der Waals surface area contributed by atoms with Gasteiger partial charge < -0.3 is 20.2 Å². The SMILES string of the molecule is O=C1C(N2CCC(c3ccc(O)cc3)CC2)CCN1C(O)c1ccccc1O. The minimum atomic E-state index is -1.12. The second-order valence-electron chi connectivity index (χ2n) is 7.67. The standard InChI is InChI=1S/C22H26N2O4/c25-17-7-5-15(6-8-17)16-9-12-23(13-10-16)19-11-14-24(22(19)28)21(27)18-3-1-2-4-20(18)26/h1-8,16,19,21,25-27H,9-14H2. The molecule has 2 saturated heterocycles. The van der Waals surface area contributed by atoms with Gasteiger partial charge in [-0.15, -0.1) is 0 Å². The van der Waals surface area contributed by atoms with Crippen molar-refractivity contribution in [2.24, 2.45) is 0 Å². The number of para-hydroxylation sites is 1. The van der Waals surface area contributed by atoms with Gasteiger partial charge in [-0.2, -0.15) is 0 Å². The monoisotopic (exact) mass is 382 g/mol. The van der Waals surface area contributed by atoms with Crippen LogP contribution in [0.15, 0.2) is 48.5 Å². The van der Waals surface area contributed by atoms with E-state index in [-0.39, 0.29) is 23.4 Å². The molecule has 0 aliphatic carbocycles. The molecule has 2 aromatic carbocycles. The summed E-state index contributed by atoms with van der Waals surface area (Å²) in [7, 11) is 0. The van der Waals surface area contributed by atoms with E-state index in [1.807, 2.05) is 12.1 Å². The maximum atomic E-state index is 12.9. The van der Waals surface area contributed by atoms with E-state index in [1.165, 1.54) is 16.5 Å². The van der Waals surface area contributed by atoms with Crippen molar-refractivity contribution in [1.29, 1.82) is 0 Å². The highest BCUT2D eigenvalue weighted by Crippen LogP contribution is 2.34. The van der Waals surface area contributed by atoms with E-state index in [2.05, 4.69) is 4.90 Å². The maximum absolute atomic E-state index is 12.9. The van der Waals surface area contributed by atoms with Crippen molar-refractivity contribution in [3.63, 3.8) is 0 Å². The zero-order chi connectivity index (χ0) is 19.7. The molecule has 0 spiro atoms. The van der Waals surface area contributed by atoms with Gasteiger partial charge in [0.2, 0.25) is 5.91 Å². The fraction of sp³-hybridized carbons (Fsp3) is 0.409. The number of aromatic hydroxyl groups is 2. The summed E-state index contributed by atoms with van der Waals surface area (Å²) in [5.41, 5.74) is 1.59. The van der Waals surface area contributed by atoms with Crippen molar-refractivity contribution in [2.45, 2.75) is 37.5 Å². The van der Waals surface area contributed by atoms with Gasteiger partial charge in [0.25, 0.3) is 0 Å². The van der Waals surface area contributed by atoms with E-state index in [0.717, 1.165) is 25.9 Å². The fourth-order valence-corrected chi connectivity index (χ4v) is 4.43. The topological polar surface area (TPSA) is 84.2 Å². The molecule has 2 unspecified atom stereocenters. The number of piperidine rings is 1. The van der Waals surface area contributed by atoms with Gasteiger partial charge in [-0.1, -0.05) is 30.3 Å². The number of hydrogen-bond acceptors (Lipinski definition) is 5. The number of phenolic OH excluding ortho intramolecular Hbond substituents is 2. The summed E-state index contributed by atoms with van der Waals surface area (Å²) in [5, 5.41) is 30.0. The third kappa shape index (κ3) is 3.57. The van der Waals surface area contributed by atoms with Crippen LogP contribution in [-0.4, -0.2) is 56.7 Å². The Balaban J connectivity index is 1.38. The van der Waals surface area contributed by atoms with Crippen LogP contribution < -0.4 is 0 Å². The van der Waals surface area contributed by atoms with E-state index >= 15 is 0 Å². The van der Waals surface area contributed by atoms with Crippen LogP contribution in [0.1, 0.15) is 42.5 Å². The predicted molar refractivity (Wildman–Crippen MR) is 105 cm³/mol. The molecule has 148 valence electrons. The van der Waals surface area contributed by atoms with Crippen molar-refractivity contribution in [3.8, 4) is 11.5 Å². The first kappa shape index (κ1) is 18.8. The number of rotatable bonds is 4. The summed E-state index contributed by atoms with van der Waals surface area (Å²) in [6.07, 6.45) is 1.51. The number of aliphatic hydroxyl groups is 1. The molecular weight excluding hydrogens is 356 g/mol. The summed E-state index contributed by atoms with van der Waals surface area (Å²) < 4.78 is 0. The molecule has 4 rings (SSSR count). The Labute approximate surface area is 164 Å². The third-order valence-electron chi connectivity index (χ3n) is 6.06. The van der Waals surface area contributed by atoms with Gasteiger partial charge >= 0.3 is 0 Å². The predicted octanol–water partition coefficient (Wildman–Crippen LogP) is 2.57. The Kier molecular flexibility index (Phi) is 5.24. The molecule has 0 aromatic heterocycles. The van der Waals surface area contributed by atoms with Crippen LogP contribution in [0.5, 0.6) is 11.5 Å². The highest BCUT2D eigenvalue weighted by Gasteiger charge is 2.40. The molecule has 6 heteroatoms. The van der Waals surface area contributed by atoms with Gasteiger partial charge in [0, 0.05) is 12.1 Å². The number of hydrogen-bond donors (Lipinski definition) is 3. The van der Waals surface area contributed by atoms with Crippen molar-refractivity contribution in [3.05, 3.63) is 59.7 Å². The molecule has 2 aromatic rings. The van der Waals surface area contributed by atoms with Gasteiger partial charge in [-0.25, -0.2) is 0 Å². The molecule has 2 aliphatic heterocycles. The largest absolute Gasteiger partial charge is 0.508 e. The normalized spacial score (nSPS) is 22.5. The van der Waals surface area contributed by atoms with E-state index in [9.17, 15) is 20.1 Å². The highest BCUT2D eigenvalue weighted by atomic mass is 16.3. The quantitative estimate of drug-likeness (QED) is 0.757. The zero-order valence-electron chi connectivity index (χ0n) is 15.7. The van der Waals surface area contributed by atoms with Gasteiger partial charge in [0.05, 0.1) is 6.04 Å². The van der Waals surface area contributed by atoms with Crippen LogP contribution >= 0.6 is 0 Å². The van der Waals surface area contributed by atoms with E-state index in [1.54, 1.807) is 30.3 Å². The smallest absolute Gasteiger partial charge is 0.242 e. The number of benzene rings is 2. The van der Waals surface area contributed by atoms with Crippen molar-refractivity contribution < 1.29 is 20.1 Å². The molecule has 6 nitrogen and oxygen atoms in total. The van der Waals surface area contributed by atoms with Crippen LogP contribution in [0.4, 0.5) is 0 Å². The Bertz CT molecular complexity index is 831. The zero-order valence-corrected chi connectivity index (χ0v) is 15.7. The molecule has 2 heterocycles. The summed E-state index contributed by atoms with van der Waals surface area (Å²) in [6, 6.07) is 13.8. The second kappa shape index (κ2) is 7.81. The molecule has 28 heavy (non-hydrogen) atoms. The first-order chi connectivity index (χ1) is 13.5. The molecule has 0 radical (unpaired) electrons. The summed E-state index contributed by atoms with van der Waals surface area (Å²) in [5.74, 6) is 0.650. The lowest BCUT2D eigenvalue weighted by atomic mass is 9.89. The third-order valence-corrected chi connectivity index (χ3v) is 6.06. The number of phenols is 2. The summed E-state index contributed by atoms with van der Waals surface area (Å²) in [6.45, 7) is 2.15. The lowest BCUT2D eigenvalue weighted by Gasteiger charge is -2.35.